The molecule has 0 saturated carbocycles. The van der Waals surface area contributed by atoms with Gasteiger partial charge in [0, 0.05) is 15.2 Å². The number of sulfonamides is 1. The zero-order chi connectivity index (χ0) is 15.6. The van der Waals surface area contributed by atoms with E-state index in [2.05, 4.69) is 20.7 Å². The Balaban J connectivity index is 2.44. The summed E-state index contributed by atoms with van der Waals surface area (Å²) in [5, 5.41) is 9.74. The van der Waals surface area contributed by atoms with Crippen molar-refractivity contribution in [3.05, 3.63) is 57.0 Å². The molecule has 0 atom stereocenters. The van der Waals surface area contributed by atoms with Crippen LogP contribution in [0.5, 0.6) is 0 Å². The molecule has 0 saturated heterocycles. The Bertz CT molecular complexity index is 761. The van der Waals surface area contributed by atoms with Gasteiger partial charge < -0.3 is 5.11 Å². The Morgan fingerprint density at radius 1 is 1.24 bits per heavy atom. The molecule has 0 unspecified atom stereocenters. The summed E-state index contributed by atoms with van der Waals surface area (Å²) in [7, 11) is -3.75. The zero-order valence-electron chi connectivity index (χ0n) is 11.1. The van der Waals surface area contributed by atoms with E-state index in [1.165, 1.54) is 6.07 Å². The Kier molecular flexibility index (Phi) is 4.93. The van der Waals surface area contributed by atoms with E-state index in [9.17, 15) is 13.5 Å². The van der Waals surface area contributed by atoms with E-state index in [4.69, 9.17) is 11.6 Å². The molecule has 2 rings (SSSR count). The molecule has 0 spiro atoms. The van der Waals surface area contributed by atoms with Gasteiger partial charge in [-0.15, -0.1) is 0 Å². The first-order valence-electron chi connectivity index (χ1n) is 6.02. The predicted molar refractivity (Wildman–Crippen MR) is 87.1 cm³/mol. The van der Waals surface area contributed by atoms with E-state index >= 15 is 0 Å². The van der Waals surface area contributed by atoms with Gasteiger partial charge in [-0.2, -0.15) is 0 Å². The summed E-state index contributed by atoms with van der Waals surface area (Å²) in [6.45, 7) is 1.46. The fourth-order valence-electron chi connectivity index (χ4n) is 1.81. The molecule has 21 heavy (non-hydrogen) atoms. The molecule has 0 aromatic heterocycles. The van der Waals surface area contributed by atoms with Gasteiger partial charge in [0.2, 0.25) is 0 Å². The van der Waals surface area contributed by atoms with Crippen LogP contribution in [-0.2, 0) is 16.6 Å². The molecule has 112 valence electrons. The van der Waals surface area contributed by atoms with E-state index in [1.807, 2.05) is 0 Å². The second-order valence-electron chi connectivity index (χ2n) is 4.47. The Morgan fingerprint density at radius 2 is 1.86 bits per heavy atom. The minimum absolute atomic E-state index is 0.121. The first kappa shape index (κ1) is 16.3. The SMILES string of the molecule is Cc1c(Br)cc(CO)cc1S(=O)(=O)Nc1ccc(Cl)cc1. The van der Waals surface area contributed by atoms with Crippen molar-refractivity contribution in [3.63, 3.8) is 0 Å². The average molecular weight is 391 g/mol. The van der Waals surface area contributed by atoms with Crippen molar-refractivity contribution in [1.82, 2.24) is 0 Å². The molecule has 2 aromatic rings. The molecule has 4 nitrogen and oxygen atoms in total. The summed E-state index contributed by atoms with van der Waals surface area (Å²) < 4.78 is 28.1. The molecule has 0 bridgehead atoms. The maximum atomic E-state index is 12.5. The smallest absolute Gasteiger partial charge is 0.262 e. The van der Waals surface area contributed by atoms with Crippen molar-refractivity contribution in [2.24, 2.45) is 0 Å². The molecule has 2 aromatic carbocycles. The number of halogens is 2. The van der Waals surface area contributed by atoms with Crippen LogP contribution in [0.4, 0.5) is 5.69 Å². The quantitative estimate of drug-likeness (QED) is 0.836. The lowest BCUT2D eigenvalue weighted by atomic mass is 10.2. The van der Waals surface area contributed by atoms with Crippen molar-refractivity contribution < 1.29 is 13.5 Å². The fraction of sp³-hybridized carbons (Fsp3) is 0.143. The number of aliphatic hydroxyl groups excluding tert-OH is 1. The molecule has 0 aliphatic heterocycles. The van der Waals surface area contributed by atoms with Gasteiger partial charge in [0.15, 0.2) is 0 Å². The predicted octanol–water partition coefficient (Wildman–Crippen LogP) is 3.70. The van der Waals surface area contributed by atoms with Crippen LogP contribution in [0.25, 0.3) is 0 Å². The molecule has 0 heterocycles. The summed E-state index contributed by atoms with van der Waals surface area (Å²) in [5.74, 6) is 0. The maximum absolute atomic E-state index is 12.5. The summed E-state index contributed by atoms with van der Waals surface area (Å²) in [6, 6.07) is 9.52. The van der Waals surface area contributed by atoms with Gasteiger partial charge in [0.1, 0.15) is 0 Å². The fourth-order valence-corrected chi connectivity index (χ4v) is 3.95. The van der Waals surface area contributed by atoms with Gasteiger partial charge in [-0.3, -0.25) is 4.72 Å². The number of benzene rings is 2. The first-order chi connectivity index (χ1) is 9.83. The summed E-state index contributed by atoms with van der Waals surface area (Å²) in [5.41, 5.74) is 1.52. The van der Waals surface area contributed by atoms with E-state index in [1.54, 1.807) is 37.3 Å². The maximum Gasteiger partial charge on any atom is 0.262 e. The number of hydrogen-bond acceptors (Lipinski definition) is 3. The highest BCUT2D eigenvalue weighted by atomic mass is 79.9. The molecule has 0 radical (unpaired) electrons. The van der Waals surface area contributed by atoms with E-state index < -0.39 is 10.0 Å². The first-order valence-corrected chi connectivity index (χ1v) is 8.67. The number of hydrogen-bond donors (Lipinski definition) is 2. The second-order valence-corrected chi connectivity index (χ2v) is 7.41. The lowest BCUT2D eigenvalue weighted by Crippen LogP contribution is -2.15. The van der Waals surface area contributed by atoms with Gasteiger partial charge in [0.25, 0.3) is 10.0 Å². The lowest BCUT2D eigenvalue weighted by molar-refractivity contribution is 0.281. The van der Waals surface area contributed by atoms with E-state index in [0.29, 0.717) is 26.3 Å². The number of aliphatic hydroxyl groups is 1. The molecule has 0 fully saturated rings. The molecule has 0 aliphatic rings. The third kappa shape index (κ3) is 3.77. The van der Waals surface area contributed by atoms with Gasteiger partial charge in [-0.1, -0.05) is 27.5 Å². The summed E-state index contributed by atoms with van der Waals surface area (Å²) in [6.07, 6.45) is 0. The summed E-state index contributed by atoms with van der Waals surface area (Å²) >= 11 is 9.08. The third-order valence-electron chi connectivity index (χ3n) is 2.92. The van der Waals surface area contributed by atoms with Crippen LogP contribution in [0.15, 0.2) is 45.8 Å². The monoisotopic (exact) mass is 389 g/mol. The van der Waals surface area contributed by atoms with Crippen molar-refractivity contribution in [2.75, 3.05) is 4.72 Å². The van der Waals surface area contributed by atoms with Crippen LogP contribution in [0.1, 0.15) is 11.1 Å². The average Bonchev–Trinajstić information content (AvgIpc) is 2.43. The van der Waals surface area contributed by atoms with Crippen LogP contribution in [-0.4, -0.2) is 13.5 Å². The number of nitrogens with one attached hydrogen (secondary N) is 1. The second kappa shape index (κ2) is 6.36. The van der Waals surface area contributed by atoms with Crippen LogP contribution in [0.3, 0.4) is 0 Å². The van der Waals surface area contributed by atoms with Crippen molar-refractivity contribution in [3.8, 4) is 0 Å². The van der Waals surface area contributed by atoms with Crippen LogP contribution >= 0.6 is 27.5 Å². The molecule has 7 heteroatoms. The van der Waals surface area contributed by atoms with Crippen LogP contribution < -0.4 is 4.72 Å². The molecular weight excluding hydrogens is 378 g/mol. The van der Waals surface area contributed by atoms with Gasteiger partial charge in [-0.05, 0) is 54.4 Å². The van der Waals surface area contributed by atoms with Crippen molar-refractivity contribution in [1.29, 1.82) is 0 Å². The van der Waals surface area contributed by atoms with Crippen molar-refractivity contribution in [2.45, 2.75) is 18.4 Å². The normalized spacial score (nSPS) is 11.4. The highest BCUT2D eigenvalue weighted by molar-refractivity contribution is 9.10. The van der Waals surface area contributed by atoms with Crippen LogP contribution in [0.2, 0.25) is 5.02 Å². The topological polar surface area (TPSA) is 66.4 Å². The van der Waals surface area contributed by atoms with Crippen molar-refractivity contribution >= 4 is 43.2 Å². The molecule has 0 amide bonds. The summed E-state index contributed by atoms with van der Waals surface area (Å²) in [4.78, 5) is 0.121. The molecular formula is C14H13BrClNO3S. The van der Waals surface area contributed by atoms with Gasteiger partial charge >= 0.3 is 0 Å². The molecule has 2 N–H and O–H groups in total. The van der Waals surface area contributed by atoms with Gasteiger partial charge in [-0.25, -0.2) is 8.42 Å². The number of anilines is 1. The largest absolute Gasteiger partial charge is 0.392 e. The van der Waals surface area contributed by atoms with Gasteiger partial charge in [0.05, 0.1) is 11.5 Å². The minimum atomic E-state index is -3.75. The highest BCUT2D eigenvalue weighted by Gasteiger charge is 2.19. The zero-order valence-corrected chi connectivity index (χ0v) is 14.3. The van der Waals surface area contributed by atoms with Crippen LogP contribution in [0, 0.1) is 6.92 Å². The standard InChI is InChI=1S/C14H13BrClNO3S/c1-9-13(15)6-10(8-18)7-14(9)21(19,20)17-12-4-2-11(16)3-5-12/h2-7,17-18H,8H2,1H3. The van der Waals surface area contributed by atoms with E-state index in [0.717, 1.165) is 0 Å². The Morgan fingerprint density at radius 3 is 2.43 bits per heavy atom. The lowest BCUT2D eigenvalue weighted by Gasteiger charge is -2.13. The highest BCUT2D eigenvalue weighted by Crippen LogP contribution is 2.27. The number of rotatable bonds is 4. The molecule has 0 aliphatic carbocycles. The third-order valence-corrected chi connectivity index (χ3v) is 5.51. The Labute approximate surface area is 136 Å². The minimum Gasteiger partial charge on any atom is -0.392 e. The van der Waals surface area contributed by atoms with E-state index in [-0.39, 0.29) is 11.5 Å². The Hall–Kier alpha value is -1.08.